The molecule has 1 aromatic carbocycles. The van der Waals surface area contributed by atoms with Crippen molar-refractivity contribution in [3.63, 3.8) is 0 Å². The molecule has 1 aliphatic heterocycles. The molecule has 1 aliphatic rings. The lowest BCUT2D eigenvalue weighted by molar-refractivity contribution is -0.122. The maximum Gasteiger partial charge on any atom is 0.273 e. The number of hydrogen-bond acceptors (Lipinski definition) is 6. The van der Waals surface area contributed by atoms with Crippen molar-refractivity contribution in [1.29, 1.82) is 0 Å². The Hall–Kier alpha value is -2.36. The summed E-state index contributed by atoms with van der Waals surface area (Å²) in [7, 11) is 1.63. The lowest BCUT2D eigenvalue weighted by Gasteiger charge is -2.33. The molecular weight excluding hydrogens is 395 g/mol. The summed E-state index contributed by atoms with van der Waals surface area (Å²) in [5.41, 5.74) is 0.732. The molecule has 2 aromatic rings. The Labute approximate surface area is 173 Å². The first kappa shape index (κ1) is 21.4. The lowest BCUT2D eigenvalue weighted by Crippen LogP contribution is -2.51. The molecule has 0 atom stereocenters. The summed E-state index contributed by atoms with van der Waals surface area (Å²) in [6.07, 6.45) is 0.785. The van der Waals surface area contributed by atoms with E-state index in [1.807, 2.05) is 4.90 Å². The summed E-state index contributed by atoms with van der Waals surface area (Å²) in [6, 6.07) is 6.40. The van der Waals surface area contributed by atoms with E-state index in [0.717, 1.165) is 6.42 Å². The standard InChI is InChI=1S/C20H25FN4O3S/c1-28-12-4-7-22-18(26)13-24-8-10-25(11-9-24)20(27)17-14-29-19(23-17)15-5-2-3-6-16(15)21/h2-3,5-6,14H,4,7-13H2,1H3,(H,22,26). The Kier molecular flexibility index (Phi) is 7.68. The van der Waals surface area contributed by atoms with E-state index in [-0.39, 0.29) is 17.6 Å². The number of methoxy groups -OCH3 is 1. The van der Waals surface area contributed by atoms with Crippen molar-refractivity contribution in [2.24, 2.45) is 0 Å². The van der Waals surface area contributed by atoms with Crippen LogP contribution in [0.3, 0.4) is 0 Å². The minimum absolute atomic E-state index is 0.0186. The molecule has 3 rings (SSSR count). The Morgan fingerprint density at radius 1 is 1.24 bits per heavy atom. The van der Waals surface area contributed by atoms with E-state index < -0.39 is 0 Å². The van der Waals surface area contributed by atoms with Crippen LogP contribution in [-0.4, -0.2) is 79.6 Å². The number of nitrogens with zero attached hydrogens (tertiary/aromatic N) is 3. The zero-order chi connectivity index (χ0) is 20.6. The maximum atomic E-state index is 13.9. The molecule has 0 radical (unpaired) electrons. The van der Waals surface area contributed by atoms with Gasteiger partial charge in [-0.2, -0.15) is 0 Å². The van der Waals surface area contributed by atoms with E-state index in [1.165, 1.54) is 17.4 Å². The highest BCUT2D eigenvalue weighted by atomic mass is 32.1. The molecule has 0 aliphatic carbocycles. The molecule has 1 N–H and O–H groups in total. The highest BCUT2D eigenvalue weighted by Crippen LogP contribution is 2.26. The van der Waals surface area contributed by atoms with Crippen molar-refractivity contribution in [1.82, 2.24) is 20.1 Å². The van der Waals surface area contributed by atoms with Gasteiger partial charge < -0.3 is 15.0 Å². The van der Waals surface area contributed by atoms with Crippen LogP contribution < -0.4 is 5.32 Å². The van der Waals surface area contributed by atoms with Crippen molar-refractivity contribution in [2.45, 2.75) is 6.42 Å². The second-order valence-electron chi connectivity index (χ2n) is 6.78. The summed E-state index contributed by atoms with van der Waals surface area (Å²) in [5.74, 6) is -0.530. The molecule has 1 aromatic heterocycles. The summed E-state index contributed by atoms with van der Waals surface area (Å²) in [5, 5.41) is 5.03. The SMILES string of the molecule is COCCCNC(=O)CN1CCN(C(=O)c2csc(-c3ccccc3F)n2)CC1. The van der Waals surface area contributed by atoms with Crippen molar-refractivity contribution in [2.75, 3.05) is 53.0 Å². The predicted octanol–water partition coefficient (Wildman–Crippen LogP) is 1.86. The van der Waals surface area contributed by atoms with Crippen LogP contribution in [0.15, 0.2) is 29.6 Å². The van der Waals surface area contributed by atoms with Gasteiger partial charge in [-0.1, -0.05) is 12.1 Å². The van der Waals surface area contributed by atoms with Crippen LogP contribution in [0.5, 0.6) is 0 Å². The third kappa shape index (κ3) is 5.81. The fourth-order valence-electron chi connectivity index (χ4n) is 3.10. The summed E-state index contributed by atoms with van der Waals surface area (Å²) in [4.78, 5) is 32.8. The highest BCUT2D eigenvalue weighted by molar-refractivity contribution is 7.13. The van der Waals surface area contributed by atoms with Gasteiger partial charge >= 0.3 is 0 Å². The first-order valence-electron chi connectivity index (χ1n) is 9.56. The number of halogens is 1. The van der Waals surface area contributed by atoms with Gasteiger partial charge in [-0.05, 0) is 18.6 Å². The molecule has 0 unspecified atom stereocenters. The molecular formula is C20H25FN4O3S. The van der Waals surface area contributed by atoms with E-state index in [9.17, 15) is 14.0 Å². The molecule has 0 bridgehead atoms. The zero-order valence-corrected chi connectivity index (χ0v) is 17.2. The lowest BCUT2D eigenvalue weighted by atomic mass is 10.2. The maximum absolute atomic E-state index is 13.9. The van der Waals surface area contributed by atoms with Crippen molar-refractivity contribution in [3.05, 3.63) is 41.2 Å². The average molecular weight is 421 g/mol. The topological polar surface area (TPSA) is 74.8 Å². The van der Waals surface area contributed by atoms with E-state index in [4.69, 9.17) is 4.74 Å². The van der Waals surface area contributed by atoms with Crippen LogP contribution in [0, 0.1) is 5.82 Å². The first-order valence-corrected chi connectivity index (χ1v) is 10.4. The smallest absolute Gasteiger partial charge is 0.273 e. The van der Waals surface area contributed by atoms with Gasteiger partial charge in [-0.15, -0.1) is 11.3 Å². The number of ether oxygens (including phenoxy) is 1. The van der Waals surface area contributed by atoms with Gasteiger partial charge in [0.2, 0.25) is 5.91 Å². The van der Waals surface area contributed by atoms with Crippen LogP contribution >= 0.6 is 11.3 Å². The number of carbonyl (C=O) groups excluding carboxylic acids is 2. The van der Waals surface area contributed by atoms with Crippen molar-refractivity contribution >= 4 is 23.2 Å². The van der Waals surface area contributed by atoms with Crippen LogP contribution in [0.1, 0.15) is 16.9 Å². The Balaban J connectivity index is 1.48. The second kappa shape index (κ2) is 10.4. The molecule has 1 fully saturated rings. The summed E-state index contributed by atoms with van der Waals surface area (Å²) >= 11 is 1.26. The van der Waals surface area contributed by atoms with Crippen molar-refractivity contribution in [3.8, 4) is 10.6 Å². The quantitative estimate of drug-likeness (QED) is 0.660. The average Bonchev–Trinajstić information content (AvgIpc) is 3.21. The van der Waals surface area contributed by atoms with Gasteiger partial charge in [-0.25, -0.2) is 9.37 Å². The van der Waals surface area contributed by atoms with Gasteiger partial charge in [0.1, 0.15) is 16.5 Å². The number of nitrogens with one attached hydrogen (secondary N) is 1. The fourth-order valence-corrected chi connectivity index (χ4v) is 3.93. The third-order valence-corrected chi connectivity index (χ3v) is 5.58. The zero-order valence-electron chi connectivity index (χ0n) is 16.4. The molecule has 2 heterocycles. The third-order valence-electron chi connectivity index (χ3n) is 4.70. The number of piperazine rings is 1. The van der Waals surface area contributed by atoms with Crippen LogP contribution in [-0.2, 0) is 9.53 Å². The summed E-state index contributed by atoms with van der Waals surface area (Å²) in [6.45, 7) is 3.85. The Morgan fingerprint density at radius 3 is 2.72 bits per heavy atom. The van der Waals surface area contributed by atoms with Gasteiger partial charge in [0.05, 0.1) is 6.54 Å². The van der Waals surface area contributed by atoms with Crippen LogP contribution in [0.4, 0.5) is 4.39 Å². The minimum Gasteiger partial charge on any atom is -0.385 e. The van der Waals surface area contributed by atoms with Crippen molar-refractivity contribution < 1.29 is 18.7 Å². The number of carbonyl (C=O) groups is 2. The number of amides is 2. The molecule has 0 spiro atoms. The number of hydrogen-bond donors (Lipinski definition) is 1. The van der Waals surface area contributed by atoms with Gasteiger partial charge in [0, 0.05) is 57.4 Å². The molecule has 0 saturated carbocycles. The Morgan fingerprint density at radius 2 is 2.00 bits per heavy atom. The first-order chi connectivity index (χ1) is 14.1. The van der Waals surface area contributed by atoms with Gasteiger partial charge in [-0.3, -0.25) is 14.5 Å². The fraction of sp³-hybridized carbons (Fsp3) is 0.450. The molecule has 9 heteroatoms. The van der Waals surface area contributed by atoms with E-state index in [1.54, 1.807) is 35.6 Å². The normalized spacial score (nSPS) is 14.8. The van der Waals surface area contributed by atoms with E-state index >= 15 is 0 Å². The second-order valence-corrected chi connectivity index (χ2v) is 7.64. The highest BCUT2D eigenvalue weighted by Gasteiger charge is 2.25. The largest absolute Gasteiger partial charge is 0.385 e. The summed E-state index contributed by atoms with van der Waals surface area (Å²) < 4.78 is 18.9. The number of benzene rings is 1. The van der Waals surface area contributed by atoms with Gasteiger partial charge in [0.25, 0.3) is 5.91 Å². The predicted molar refractivity (Wildman–Crippen MR) is 109 cm³/mol. The van der Waals surface area contributed by atoms with Gasteiger partial charge in [0.15, 0.2) is 0 Å². The molecule has 156 valence electrons. The number of rotatable bonds is 8. The Bertz CT molecular complexity index is 837. The van der Waals surface area contributed by atoms with Crippen LogP contribution in [0.2, 0.25) is 0 Å². The molecule has 7 nitrogen and oxygen atoms in total. The van der Waals surface area contributed by atoms with Crippen LogP contribution in [0.25, 0.3) is 10.6 Å². The molecule has 2 amide bonds. The van der Waals surface area contributed by atoms with E-state index in [2.05, 4.69) is 10.3 Å². The molecule has 29 heavy (non-hydrogen) atoms. The number of aromatic nitrogens is 1. The monoisotopic (exact) mass is 420 g/mol. The number of thiazole rings is 1. The minimum atomic E-state index is -0.352. The van der Waals surface area contributed by atoms with E-state index in [0.29, 0.717) is 62.1 Å². The molecule has 1 saturated heterocycles.